The van der Waals surface area contributed by atoms with Crippen molar-refractivity contribution in [2.75, 3.05) is 6.61 Å². The summed E-state index contributed by atoms with van der Waals surface area (Å²) in [5.41, 5.74) is 2.26. The van der Waals surface area contributed by atoms with Gasteiger partial charge >= 0.3 is 5.97 Å². The van der Waals surface area contributed by atoms with Crippen LogP contribution in [0.25, 0.3) is 0 Å². The highest BCUT2D eigenvalue weighted by molar-refractivity contribution is 5.83. The number of aryl methyl sites for hydroxylation is 2. The van der Waals surface area contributed by atoms with Crippen LogP contribution >= 0.6 is 0 Å². The molecule has 0 heterocycles. The van der Waals surface area contributed by atoms with Gasteiger partial charge in [0.1, 0.15) is 11.8 Å². The lowest BCUT2D eigenvalue weighted by Crippen LogP contribution is -2.38. The number of hydrogen-bond donors (Lipinski definition) is 2. The van der Waals surface area contributed by atoms with E-state index in [0.717, 1.165) is 16.9 Å². The molecule has 110 valence electrons. The van der Waals surface area contributed by atoms with E-state index in [1.165, 1.54) is 6.92 Å². The predicted octanol–water partition coefficient (Wildman–Crippen LogP) is 2.05. The number of carbonyl (C=O) groups excluding carboxylic acids is 1. The quantitative estimate of drug-likeness (QED) is 0.749. The molecule has 0 aliphatic heterocycles. The van der Waals surface area contributed by atoms with Gasteiger partial charge in [0.2, 0.25) is 5.91 Å². The van der Waals surface area contributed by atoms with Gasteiger partial charge in [0.05, 0.1) is 6.61 Å². The van der Waals surface area contributed by atoms with Gasteiger partial charge < -0.3 is 15.2 Å². The minimum atomic E-state index is -1.04. The summed E-state index contributed by atoms with van der Waals surface area (Å²) >= 11 is 0. The van der Waals surface area contributed by atoms with Gasteiger partial charge in [-0.2, -0.15) is 0 Å². The van der Waals surface area contributed by atoms with Crippen molar-refractivity contribution in [1.82, 2.24) is 5.32 Å². The zero-order chi connectivity index (χ0) is 15.1. The lowest BCUT2D eigenvalue weighted by Gasteiger charge is -2.10. The number of amides is 1. The Kier molecular flexibility index (Phi) is 6.03. The minimum Gasteiger partial charge on any atom is -0.494 e. The second-order valence-corrected chi connectivity index (χ2v) is 4.90. The van der Waals surface area contributed by atoms with Crippen LogP contribution in [0.5, 0.6) is 5.75 Å². The molecule has 20 heavy (non-hydrogen) atoms. The number of nitrogens with one attached hydrogen (secondary N) is 1. The second-order valence-electron chi connectivity index (χ2n) is 4.90. The van der Waals surface area contributed by atoms with Crippen LogP contribution in [-0.4, -0.2) is 29.6 Å². The summed E-state index contributed by atoms with van der Waals surface area (Å²) in [5.74, 6) is -0.518. The second kappa shape index (κ2) is 7.53. The Hall–Kier alpha value is -2.04. The number of rotatable bonds is 7. The van der Waals surface area contributed by atoms with Crippen molar-refractivity contribution in [3.63, 3.8) is 0 Å². The fraction of sp³-hybridized carbons (Fsp3) is 0.467. The summed E-state index contributed by atoms with van der Waals surface area (Å²) in [6.07, 6.45) is 0.799. The van der Waals surface area contributed by atoms with Crippen LogP contribution in [-0.2, 0) is 9.59 Å². The Morgan fingerprint density at radius 1 is 1.25 bits per heavy atom. The zero-order valence-corrected chi connectivity index (χ0v) is 12.1. The molecule has 5 heteroatoms. The van der Waals surface area contributed by atoms with Crippen molar-refractivity contribution in [2.24, 2.45) is 0 Å². The predicted molar refractivity (Wildman–Crippen MR) is 75.9 cm³/mol. The van der Waals surface area contributed by atoms with E-state index in [4.69, 9.17) is 9.84 Å². The highest BCUT2D eigenvalue weighted by atomic mass is 16.5. The zero-order valence-electron chi connectivity index (χ0n) is 12.1. The molecular formula is C15H21NO4. The molecule has 0 aliphatic rings. The smallest absolute Gasteiger partial charge is 0.325 e. The first-order valence-corrected chi connectivity index (χ1v) is 6.61. The first kappa shape index (κ1) is 16.0. The number of carboxylic acid groups (broad SMARTS) is 1. The summed E-state index contributed by atoms with van der Waals surface area (Å²) in [6.45, 7) is 5.87. The van der Waals surface area contributed by atoms with Crippen LogP contribution in [0.4, 0.5) is 0 Å². The highest BCUT2D eigenvalue weighted by Gasteiger charge is 2.13. The van der Waals surface area contributed by atoms with Gasteiger partial charge in [0, 0.05) is 6.42 Å². The van der Waals surface area contributed by atoms with Gasteiger partial charge in [-0.3, -0.25) is 9.59 Å². The van der Waals surface area contributed by atoms with Gasteiger partial charge in [-0.15, -0.1) is 0 Å². The van der Waals surface area contributed by atoms with Gasteiger partial charge in [-0.05, 0) is 50.5 Å². The monoisotopic (exact) mass is 279 g/mol. The van der Waals surface area contributed by atoms with Crippen molar-refractivity contribution in [2.45, 2.75) is 39.7 Å². The Morgan fingerprint density at radius 3 is 2.40 bits per heavy atom. The molecule has 0 aromatic heterocycles. The Bertz CT molecular complexity index is 465. The molecule has 0 spiro atoms. The van der Waals surface area contributed by atoms with Gasteiger partial charge in [0.15, 0.2) is 0 Å². The van der Waals surface area contributed by atoms with Crippen molar-refractivity contribution >= 4 is 11.9 Å². The average molecular weight is 279 g/mol. The van der Waals surface area contributed by atoms with Gasteiger partial charge in [-0.25, -0.2) is 0 Å². The fourth-order valence-corrected chi connectivity index (χ4v) is 1.81. The van der Waals surface area contributed by atoms with E-state index in [0.29, 0.717) is 13.0 Å². The van der Waals surface area contributed by atoms with E-state index in [1.54, 1.807) is 0 Å². The third-order valence-corrected chi connectivity index (χ3v) is 2.76. The maximum atomic E-state index is 11.4. The Balaban J connectivity index is 2.28. The largest absolute Gasteiger partial charge is 0.494 e. The molecule has 1 aromatic carbocycles. The molecule has 1 rings (SSSR count). The van der Waals surface area contributed by atoms with Gasteiger partial charge in [-0.1, -0.05) is 6.07 Å². The molecule has 1 aromatic rings. The summed E-state index contributed by atoms with van der Waals surface area (Å²) in [7, 11) is 0. The number of carbonyl (C=O) groups is 2. The molecule has 0 saturated heterocycles. The standard InChI is InChI=1S/C15H21NO4/c1-10-7-11(2)9-13(8-10)20-6-4-5-14(17)16-12(3)15(18)19/h7-9,12H,4-6H2,1-3H3,(H,16,17)(H,18,19). The first-order valence-electron chi connectivity index (χ1n) is 6.61. The van der Waals surface area contributed by atoms with E-state index in [-0.39, 0.29) is 12.3 Å². The molecular weight excluding hydrogens is 258 g/mol. The molecule has 0 bridgehead atoms. The molecule has 0 saturated carbocycles. The first-order chi connectivity index (χ1) is 9.38. The van der Waals surface area contributed by atoms with Crippen LogP contribution < -0.4 is 10.1 Å². The van der Waals surface area contributed by atoms with Crippen molar-refractivity contribution in [3.05, 3.63) is 29.3 Å². The number of ether oxygens (including phenoxy) is 1. The fourth-order valence-electron chi connectivity index (χ4n) is 1.81. The third kappa shape index (κ3) is 5.73. The summed E-state index contributed by atoms with van der Waals surface area (Å²) < 4.78 is 5.57. The van der Waals surface area contributed by atoms with Crippen LogP contribution in [0.2, 0.25) is 0 Å². The molecule has 0 fully saturated rings. The van der Waals surface area contributed by atoms with Crippen LogP contribution in [0.3, 0.4) is 0 Å². The molecule has 2 N–H and O–H groups in total. The Morgan fingerprint density at radius 2 is 1.85 bits per heavy atom. The number of aliphatic carboxylic acids is 1. The summed E-state index contributed by atoms with van der Waals surface area (Å²) in [4.78, 5) is 22.0. The average Bonchev–Trinajstić information content (AvgIpc) is 2.33. The van der Waals surface area contributed by atoms with Crippen LogP contribution in [0, 0.1) is 13.8 Å². The van der Waals surface area contributed by atoms with Crippen molar-refractivity contribution in [3.8, 4) is 5.75 Å². The van der Waals surface area contributed by atoms with Crippen molar-refractivity contribution < 1.29 is 19.4 Å². The number of carboxylic acids is 1. The van der Waals surface area contributed by atoms with Crippen LogP contribution in [0.15, 0.2) is 18.2 Å². The lowest BCUT2D eigenvalue weighted by atomic mass is 10.1. The van der Waals surface area contributed by atoms with E-state index in [2.05, 4.69) is 11.4 Å². The maximum Gasteiger partial charge on any atom is 0.325 e. The summed E-state index contributed by atoms with van der Waals surface area (Å²) in [5, 5.41) is 11.1. The van der Waals surface area contributed by atoms with E-state index in [1.807, 2.05) is 26.0 Å². The van der Waals surface area contributed by atoms with E-state index in [9.17, 15) is 9.59 Å². The highest BCUT2D eigenvalue weighted by Crippen LogP contribution is 2.16. The lowest BCUT2D eigenvalue weighted by molar-refractivity contribution is -0.141. The van der Waals surface area contributed by atoms with E-state index >= 15 is 0 Å². The number of benzene rings is 1. The van der Waals surface area contributed by atoms with Gasteiger partial charge in [0.25, 0.3) is 0 Å². The molecule has 5 nitrogen and oxygen atoms in total. The van der Waals surface area contributed by atoms with E-state index < -0.39 is 12.0 Å². The van der Waals surface area contributed by atoms with Crippen LogP contribution in [0.1, 0.15) is 30.9 Å². The van der Waals surface area contributed by atoms with Crippen molar-refractivity contribution in [1.29, 1.82) is 0 Å². The Labute approximate surface area is 118 Å². The SMILES string of the molecule is Cc1cc(C)cc(OCCCC(=O)NC(C)C(=O)O)c1. The molecule has 1 atom stereocenters. The molecule has 0 aliphatic carbocycles. The molecule has 1 unspecified atom stereocenters. The summed E-state index contributed by atoms with van der Waals surface area (Å²) in [6, 6.07) is 5.09. The minimum absolute atomic E-state index is 0.252. The third-order valence-electron chi connectivity index (χ3n) is 2.76. The topological polar surface area (TPSA) is 75.6 Å². The number of hydrogen-bond acceptors (Lipinski definition) is 3. The maximum absolute atomic E-state index is 11.4. The molecule has 0 radical (unpaired) electrons. The normalized spacial score (nSPS) is 11.8. The molecule has 1 amide bonds.